The van der Waals surface area contributed by atoms with Gasteiger partial charge in [-0.15, -0.1) is 0 Å². The molecule has 1 atom stereocenters. The summed E-state index contributed by atoms with van der Waals surface area (Å²) in [5, 5.41) is 3.51. The van der Waals surface area contributed by atoms with E-state index in [1.54, 1.807) is 0 Å². The molecule has 0 aliphatic carbocycles. The van der Waals surface area contributed by atoms with Gasteiger partial charge in [-0.05, 0) is 51.4 Å². The van der Waals surface area contributed by atoms with E-state index in [1.807, 2.05) is 0 Å². The van der Waals surface area contributed by atoms with Crippen LogP contribution in [0.2, 0.25) is 0 Å². The third-order valence-corrected chi connectivity index (χ3v) is 4.61. The maximum atomic E-state index is 3.51. The molecule has 0 radical (unpaired) electrons. The van der Waals surface area contributed by atoms with Gasteiger partial charge in [-0.3, -0.25) is 0 Å². The zero-order valence-electron chi connectivity index (χ0n) is 14.1. The molecule has 0 amide bonds. The molecular weight excluding hydrogens is 244 g/mol. The Hall–Kier alpha value is -0.0800. The molecule has 1 rings (SSSR count). The van der Waals surface area contributed by atoms with Gasteiger partial charge in [0.25, 0.3) is 0 Å². The number of hydrogen-bond donors (Lipinski definition) is 1. The van der Waals surface area contributed by atoms with Crippen molar-refractivity contribution in [2.75, 3.05) is 32.7 Å². The summed E-state index contributed by atoms with van der Waals surface area (Å²) in [5.41, 5.74) is 0. The molecule has 1 heterocycles. The lowest BCUT2D eigenvalue weighted by atomic mass is 9.97. The van der Waals surface area contributed by atoms with Gasteiger partial charge < -0.3 is 10.2 Å². The van der Waals surface area contributed by atoms with Crippen molar-refractivity contribution in [3.8, 4) is 0 Å². The molecule has 1 saturated heterocycles. The Morgan fingerprint density at radius 1 is 0.950 bits per heavy atom. The number of nitrogens with one attached hydrogen (secondary N) is 1. The molecule has 120 valence electrons. The summed E-state index contributed by atoms with van der Waals surface area (Å²) in [6.07, 6.45) is 14.3. The molecular formula is C18H38N2. The number of nitrogens with zero attached hydrogens (tertiary/aromatic N) is 1. The normalized spacial score (nSPS) is 20.4. The third kappa shape index (κ3) is 8.97. The molecule has 0 aromatic carbocycles. The summed E-state index contributed by atoms with van der Waals surface area (Å²) < 4.78 is 0. The zero-order chi connectivity index (χ0) is 14.5. The first-order chi connectivity index (χ1) is 9.86. The van der Waals surface area contributed by atoms with Crippen LogP contribution >= 0.6 is 0 Å². The van der Waals surface area contributed by atoms with Crippen molar-refractivity contribution in [2.45, 2.75) is 78.1 Å². The maximum Gasteiger partial charge on any atom is 0.00218 e. The van der Waals surface area contributed by atoms with Crippen LogP contribution in [0.4, 0.5) is 0 Å². The molecule has 0 aromatic heterocycles. The summed E-state index contributed by atoms with van der Waals surface area (Å²) in [5.74, 6) is 0.901. The quantitative estimate of drug-likeness (QED) is 0.532. The van der Waals surface area contributed by atoms with E-state index in [0.717, 1.165) is 12.5 Å². The van der Waals surface area contributed by atoms with E-state index in [0.29, 0.717) is 0 Å². The fourth-order valence-corrected chi connectivity index (χ4v) is 3.34. The van der Waals surface area contributed by atoms with Crippen molar-refractivity contribution in [2.24, 2.45) is 5.92 Å². The van der Waals surface area contributed by atoms with Crippen LogP contribution in [0.1, 0.15) is 78.1 Å². The number of piperidine rings is 1. The second kappa shape index (κ2) is 12.6. The summed E-state index contributed by atoms with van der Waals surface area (Å²) in [4.78, 5) is 2.71. The Balaban J connectivity index is 1.93. The van der Waals surface area contributed by atoms with Crippen LogP contribution in [0, 0.1) is 5.92 Å². The van der Waals surface area contributed by atoms with E-state index in [4.69, 9.17) is 0 Å². The molecule has 1 aliphatic heterocycles. The van der Waals surface area contributed by atoms with Gasteiger partial charge in [-0.2, -0.15) is 0 Å². The lowest BCUT2D eigenvalue weighted by molar-refractivity contribution is 0.170. The minimum atomic E-state index is 0.901. The van der Waals surface area contributed by atoms with Crippen molar-refractivity contribution in [1.29, 1.82) is 0 Å². The predicted octanol–water partition coefficient (Wildman–Crippen LogP) is 4.45. The topological polar surface area (TPSA) is 15.3 Å². The summed E-state index contributed by atoms with van der Waals surface area (Å²) in [7, 11) is 0. The van der Waals surface area contributed by atoms with Crippen LogP contribution in [-0.2, 0) is 0 Å². The van der Waals surface area contributed by atoms with Gasteiger partial charge in [0.05, 0.1) is 0 Å². The van der Waals surface area contributed by atoms with Crippen molar-refractivity contribution in [1.82, 2.24) is 10.2 Å². The highest BCUT2D eigenvalue weighted by Gasteiger charge is 2.18. The molecule has 1 fully saturated rings. The highest BCUT2D eigenvalue weighted by Crippen LogP contribution is 2.16. The predicted molar refractivity (Wildman–Crippen MR) is 90.3 cm³/mol. The van der Waals surface area contributed by atoms with Gasteiger partial charge in [-0.25, -0.2) is 0 Å². The molecule has 0 saturated carbocycles. The Bertz CT molecular complexity index is 206. The molecule has 1 unspecified atom stereocenters. The van der Waals surface area contributed by atoms with E-state index < -0.39 is 0 Å². The fourth-order valence-electron chi connectivity index (χ4n) is 3.34. The van der Waals surface area contributed by atoms with Crippen LogP contribution in [0.3, 0.4) is 0 Å². The monoisotopic (exact) mass is 282 g/mol. The first-order valence-electron chi connectivity index (χ1n) is 9.29. The summed E-state index contributed by atoms with van der Waals surface area (Å²) in [6, 6.07) is 0. The van der Waals surface area contributed by atoms with Gasteiger partial charge in [0, 0.05) is 6.54 Å². The molecule has 1 N–H and O–H groups in total. The molecule has 1 aliphatic rings. The summed E-state index contributed by atoms with van der Waals surface area (Å²) in [6.45, 7) is 10.9. The second-order valence-corrected chi connectivity index (χ2v) is 6.59. The van der Waals surface area contributed by atoms with Crippen molar-refractivity contribution in [3.63, 3.8) is 0 Å². The van der Waals surface area contributed by atoms with Gasteiger partial charge in [-0.1, -0.05) is 58.8 Å². The Morgan fingerprint density at radius 3 is 2.35 bits per heavy atom. The van der Waals surface area contributed by atoms with Gasteiger partial charge in [0.2, 0.25) is 0 Å². The first-order valence-corrected chi connectivity index (χ1v) is 9.29. The van der Waals surface area contributed by atoms with Gasteiger partial charge in [0.15, 0.2) is 0 Å². The number of hydrogen-bond acceptors (Lipinski definition) is 2. The standard InChI is InChI=1S/C18H38N2/c1-3-5-6-7-8-9-10-11-14-20-15-12-13-18(17-20)16-19-4-2/h18-19H,3-17H2,1-2H3. The Labute approximate surface area is 127 Å². The lowest BCUT2D eigenvalue weighted by Gasteiger charge is -2.32. The minimum absolute atomic E-state index is 0.901. The Kier molecular flexibility index (Phi) is 11.4. The molecule has 0 spiro atoms. The molecule has 2 nitrogen and oxygen atoms in total. The van der Waals surface area contributed by atoms with Crippen LogP contribution in [0.15, 0.2) is 0 Å². The number of rotatable bonds is 12. The SMILES string of the molecule is CCCCCCCCCCN1CCCC(CNCC)C1. The van der Waals surface area contributed by atoms with Crippen molar-refractivity contribution in [3.05, 3.63) is 0 Å². The summed E-state index contributed by atoms with van der Waals surface area (Å²) >= 11 is 0. The largest absolute Gasteiger partial charge is 0.317 e. The highest BCUT2D eigenvalue weighted by atomic mass is 15.1. The maximum absolute atomic E-state index is 3.51. The smallest absolute Gasteiger partial charge is 0.00218 e. The van der Waals surface area contributed by atoms with Crippen LogP contribution in [-0.4, -0.2) is 37.6 Å². The van der Waals surface area contributed by atoms with Gasteiger partial charge >= 0.3 is 0 Å². The minimum Gasteiger partial charge on any atom is -0.317 e. The average Bonchev–Trinajstić information content (AvgIpc) is 2.48. The van der Waals surface area contributed by atoms with Crippen LogP contribution < -0.4 is 5.32 Å². The molecule has 2 heteroatoms. The lowest BCUT2D eigenvalue weighted by Crippen LogP contribution is -2.40. The first kappa shape index (κ1) is 18.0. The van der Waals surface area contributed by atoms with E-state index in [-0.39, 0.29) is 0 Å². The van der Waals surface area contributed by atoms with E-state index in [2.05, 4.69) is 24.1 Å². The number of unbranched alkanes of at least 4 members (excludes halogenated alkanes) is 7. The van der Waals surface area contributed by atoms with Crippen molar-refractivity contribution < 1.29 is 0 Å². The second-order valence-electron chi connectivity index (χ2n) is 6.59. The highest BCUT2D eigenvalue weighted by molar-refractivity contribution is 4.74. The molecule has 20 heavy (non-hydrogen) atoms. The van der Waals surface area contributed by atoms with Crippen LogP contribution in [0.25, 0.3) is 0 Å². The molecule has 0 bridgehead atoms. The van der Waals surface area contributed by atoms with Gasteiger partial charge in [0.1, 0.15) is 0 Å². The fraction of sp³-hybridized carbons (Fsp3) is 1.00. The van der Waals surface area contributed by atoms with Crippen molar-refractivity contribution >= 4 is 0 Å². The average molecular weight is 283 g/mol. The Morgan fingerprint density at radius 2 is 1.65 bits per heavy atom. The number of likely N-dealkylation sites (tertiary alicyclic amines) is 1. The van der Waals surface area contributed by atoms with Crippen LogP contribution in [0.5, 0.6) is 0 Å². The molecule has 0 aromatic rings. The van der Waals surface area contributed by atoms with E-state index in [1.165, 1.54) is 90.4 Å². The van der Waals surface area contributed by atoms with E-state index in [9.17, 15) is 0 Å². The van der Waals surface area contributed by atoms with E-state index >= 15 is 0 Å². The third-order valence-electron chi connectivity index (χ3n) is 4.61. The zero-order valence-corrected chi connectivity index (χ0v) is 14.1.